The molecular formula is C22H22N4O2S. The number of hydrogen-bond donors (Lipinski definition) is 2. The molecule has 1 aliphatic heterocycles. The molecule has 1 aromatic heterocycles. The number of nitrogens with one attached hydrogen (secondary N) is 2. The Bertz CT molecular complexity index is 950. The van der Waals surface area contributed by atoms with Gasteiger partial charge in [-0.15, -0.1) is 0 Å². The highest BCUT2D eigenvalue weighted by Gasteiger charge is 2.24. The van der Waals surface area contributed by atoms with Crippen LogP contribution in [0.1, 0.15) is 10.6 Å². The molecule has 2 N–H and O–H groups in total. The maximum absolute atomic E-state index is 12.4. The Kier molecular flexibility index (Phi) is 5.76. The topological polar surface area (TPSA) is 60.8 Å². The minimum Gasteiger partial charge on any atom is -0.459 e. The normalized spacial score (nSPS) is 13.8. The molecule has 3 aromatic rings. The number of nitrogens with zero attached hydrogens (tertiary/aromatic N) is 2. The first-order valence-corrected chi connectivity index (χ1v) is 9.91. The van der Waals surface area contributed by atoms with E-state index in [0.29, 0.717) is 37.1 Å². The molecule has 0 bridgehead atoms. The van der Waals surface area contributed by atoms with Gasteiger partial charge in [0, 0.05) is 43.2 Å². The number of thiocarbonyl (C=S) groups is 1. The van der Waals surface area contributed by atoms with Crippen LogP contribution >= 0.6 is 12.2 Å². The highest BCUT2D eigenvalue weighted by molar-refractivity contribution is 7.80. The number of anilines is 3. The average Bonchev–Trinajstić information content (AvgIpc) is 3.30. The Morgan fingerprint density at radius 1 is 0.793 bits per heavy atom. The van der Waals surface area contributed by atoms with Gasteiger partial charge in [0.1, 0.15) is 0 Å². The summed E-state index contributed by atoms with van der Waals surface area (Å²) in [6.45, 7) is 2.60. The third-order valence-electron chi connectivity index (χ3n) is 4.78. The Hall–Kier alpha value is -3.32. The highest BCUT2D eigenvalue weighted by atomic mass is 32.1. The fourth-order valence-corrected chi connectivity index (χ4v) is 3.50. The molecule has 1 aliphatic rings. The van der Waals surface area contributed by atoms with Crippen molar-refractivity contribution in [3.8, 4) is 0 Å². The van der Waals surface area contributed by atoms with Crippen molar-refractivity contribution in [3.63, 3.8) is 0 Å². The summed E-state index contributed by atoms with van der Waals surface area (Å²) in [7, 11) is 0. The predicted molar refractivity (Wildman–Crippen MR) is 119 cm³/mol. The fraction of sp³-hybridized carbons (Fsp3) is 0.182. The summed E-state index contributed by atoms with van der Waals surface area (Å²) in [4.78, 5) is 16.2. The van der Waals surface area contributed by atoms with Gasteiger partial charge >= 0.3 is 0 Å². The summed E-state index contributed by atoms with van der Waals surface area (Å²) in [5.41, 5.74) is 2.99. The smallest absolute Gasteiger partial charge is 0.289 e. The SMILES string of the molecule is O=C(c1ccco1)N1CCN(C(=S)Nc2ccc(Nc3ccccc3)cc2)CC1. The van der Waals surface area contributed by atoms with E-state index in [4.69, 9.17) is 16.6 Å². The van der Waals surface area contributed by atoms with Crippen LogP contribution < -0.4 is 10.6 Å². The molecule has 0 spiro atoms. The van der Waals surface area contributed by atoms with Crippen molar-refractivity contribution in [2.75, 3.05) is 36.8 Å². The molecule has 1 saturated heterocycles. The van der Waals surface area contributed by atoms with Crippen LogP contribution in [-0.4, -0.2) is 47.0 Å². The number of hydrogen-bond acceptors (Lipinski definition) is 4. The van der Waals surface area contributed by atoms with Crippen molar-refractivity contribution < 1.29 is 9.21 Å². The van der Waals surface area contributed by atoms with E-state index in [1.807, 2.05) is 54.6 Å². The number of carbonyl (C=O) groups is 1. The molecule has 29 heavy (non-hydrogen) atoms. The Morgan fingerprint density at radius 3 is 2.07 bits per heavy atom. The van der Waals surface area contributed by atoms with Gasteiger partial charge in [0.2, 0.25) is 0 Å². The molecule has 0 saturated carbocycles. The van der Waals surface area contributed by atoms with E-state index in [0.717, 1.165) is 17.1 Å². The highest BCUT2D eigenvalue weighted by Crippen LogP contribution is 2.19. The van der Waals surface area contributed by atoms with Crippen molar-refractivity contribution in [3.05, 3.63) is 78.8 Å². The van der Waals surface area contributed by atoms with Crippen LogP contribution in [0.25, 0.3) is 0 Å². The lowest BCUT2D eigenvalue weighted by molar-refractivity contribution is 0.0661. The molecule has 2 aromatic carbocycles. The number of carbonyl (C=O) groups excluding carboxylic acids is 1. The zero-order chi connectivity index (χ0) is 20.1. The van der Waals surface area contributed by atoms with Gasteiger partial charge in [-0.2, -0.15) is 0 Å². The first-order valence-electron chi connectivity index (χ1n) is 9.50. The van der Waals surface area contributed by atoms with Crippen LogP contribution in [0.5, 0.6) is 0 Å². The lowest BCUT2D eigenvalue weighted by atomic mass is 10.2. The second kappa shape index (κ2) is 8.79. The van der Waals surface area contributed by atoms with Gasteiger partial charge in [-0.05, 0) is 60.7 Å². The second-order valence-electron chi connectivity index (χ2n) is 6.76. The van der Waals surface area contributed by atoms with Crippen LogP contribution in [0, 0.1) is 0 Å². The van der Waals surface area contributed by atoms with Crippen LogP contribution in [0.3, 0.4) is 0 Å². The van der Waals surface area contributed by atoms with E-state index in [9.17, 15) is 4.79 Å². The van der Waals surface area contributed by atoms with E-state index < -0.39 is 0 Å². The molecule has 1 fully saturated rings. The predicted octanol–water partition coefficient (Wildman–Crippen LogP) is 4.18. The third kappa shape index (κ3) is 4.75. The summed E-state index contributed by atoms with van der Waals surface area (Å²) < 4.78 is 5.20. The molecule has 0 radical (unpaired) electrons. The number of furan rings is 1. The molecule has 0 aliphatic carbocycles. The number of benzene rings is 2. The van der Waals surface area contributed by atoms with Crippen molar-refractivity contribution in [2.24, 2.45) is 0 Å². The van der Waals surface area contributed by atoms with Gasteiger partial charge in [0.05, 0.1) is 6.26 Å². The van der Waals surface area contributed by atoms with Gasteiger partial charge in [-0.25, -0.2) is 0 Å². The van der Waals surface area contributed by atoms with Crippen LogP contribution in [0.15, 0.2) is 77.4 Å². The summed E-state index contributed by atoms with van der Waals surface area (Å²) in [6, 6.07) is 21.5. The lowest BCUT2D eigenvalue weighted by Crippen LogP contribution is -2.51. The van der Waals surface area contributed by atoms with Gasteiger partial charge in [0.15, 0.2) is 10.9 Å². The molecule has 6 nitrogen and oxygen atoms in total. The summed E-state index contributed by atoms with van der Waals surface area (Å²) in [5.74, 6) is 0.304. The third-order valence-corrected chi connectivity index (χ3v) is 5.14. The zero-order valence-corrected chi connectivity index (χ0v) is 16.7. The maximum Gasteiger partial charge on any atom is 0.289 e. The molecule has 1 amide bonds. The number of amides is 1. The van der Waals surface area contributed by atoms with Crippen LogP contribution in [0.4, 0.5) is 17.1 Å². The van der Waals surface area contributed by atoms with E-state index in [1.165, 1.54) is 6.26 Å². The van der Waals surface area contributed by atoms with E-state index in [-0.39, 0.29) is 5.91 Å². The summed E-state index contributed by atoms with van der Waals surface area (Å²) in [6.07, 6.45) is 1.52. The van der Waals surface area contributed by atoms with Gasteiger partial charge in [-0.3, -0.25) is 4.79 Å². The minimum absolute atomic E-state index is 0.0740. The summed E-state index contributed by atoms with van der Waals surface area (Å²) >= 11 is 5.56. The molecule has 0 atom stereocenters. The Balaban J connectivity index is 1.28. The van der Waals surface area contributed by atoms with Crippen molar-refractivity contribution in [1.29, 1.82) is 0 Å². The van der Waals surface area contributed by atoms with Gasteiger partial charge < -0.3 is 24.9 Å². The number of rotatable bonds is 4. The van der Waals surface area contributed by atoms with Crippen molar-refractivity contribution in [1.82, 2.24) is 9.80 Å². The molecule has 4 rings (SSSR count). The standard InChI is InChI=1S/C22H22N4O2S/c27-21(20-7-4-16-28-20)25-12-14-26(15-13-25)22(29)24-19-10-8-18(9-11-19)23-17-5-2-1-3-6-17/h1-11,16,23H,12-15H2,(H,24,29). The average molecular weight is 407 g/mol. The fourth-order valence-electron chi connectivity index (χ4n) is 3.20. The van der Waals surface area contributed by atoms with Crippen molar-refractivity contribution >= 4 is 40.3 Å². The zero-order valence-electron chi connectivity index (χ0n) is 15.9. The first kappa shape index (κ1) is 19.0. The maximum atomic E-state index is 12.4. The number of piperazine rings is 1. The molecule has 7 heteroatoms. The molecule has 148 valence electrons. The largest absolute Gasteiger partial charge is 0.459 e. The monoisotopic (exact) mass is 406 g/mol. The van der Waals surface area contributed by atoms with Crippen molar-refractivity contribution in [2.45, 2.75) is 0 Å². The lowest BCUT2D eigenvalue weighted by Gasteiger charge is -2.35. The molecular weight excluding hydrogens is 384 g/mol. The Labute approximate surface area is 175 Å². The number of para-hydroxylation sites is 1. The van der Waals surface area contributed by atoms with Crippen LogP contribution in [-0.2, 0) is 0 Å². The van der Waals surface area contributed by atoms with E-state index in [2.05, 4.69) is 15.5 Å². The van der Waals surface area contributed by atoms with Gasteiger partial charge in [0.25, 0.3) is 5.91 Å². The first-order chi connectivity index (χ1) is 14.2. The summed E-state index contributed by atoms with van der Waals surface area (Å²) in [5, 5.41) is 7.31. The van der Waals surface area contributed by atoms with E-state index >= 15 is 0 Å². The van der Waals surface area contributed by atoms with Gasteiger partial charge in [-0.1, -0.05) is 18.2 Å². The second-order valence-corrected chi connectivity index (χ2v) is 7.14. The van der Waals surface area contributed by atoms with E-state index in [1.54, 1.807) is 17.0 Å². The minimum atomic E-state index is -0.0740. The van der Waals surface area contributed by atoms with Crippen LogP contribution in [0.2, 0.25) is 0 Å². The Morgan fingerprint density at radius 2 is 1.41 bits per heavy atom. The molecule has 0 unspecified atom stereocenters. The molecule has 2 heterocycles. The quantitative estimate of drug-likeness (QED) is 0.634.